The van der Waals surface area contributed by atoms with Crippen LogP contribution in [-0.2, 0) is 6.54 Å². The predicted molar refractivity (Wildman–Crippen MR) is 97.4 cm³/mol. The molecule has 1 aromatic heterocycles. The molecule has 2 aromatic rings. The van der Waals surface area contributed by atoms with Crippen molar-refractivity contribution in [2.45, 2.75) is 44.2 Å². The smallest absolute Gasteiger partial charge is 0.133 e. The van der Waals surface area contributed by atoms with Crippen LogP contribution in [0.3, 0.4) is 0 Å². The van der Waals surface area contributed by atoms with Crippen LogP contribution in [0.15, 0.2) is 36.5 Å². The van der Waals surface area contributed by atoms with E-state index >= 15 is 0 Å². The van der Waals surface area contributed by atoms with Crippen LogP contribution in [0.2, 0.25) is 5.02 Å². The molecule has 4 nitrogen and oxygen atoms in total. The van der Waals surface area contributed by atoms with Crippen molar-refractivity contribution in [3.63, 3.8) is 0 Å². The quantitative estimate of drug-likeness (QED) is 0.888. The first-order valence-corrected chi connectivity index (χ1v) is 9.21. The van der Waals surface area contributed by atoms with Gasteiger partial charge in [0.2, 0.25) is 0 Å². The van der Waals surface area contributed by atoms with E-state index in [0.29, 0.717) is 12.0 Å². The fourth-order valence-electron chi connectivity index (χ4n) is 3.30. The molecular formula is C19H23ClN4. The number of piperidine rings is 1. The molecule has 4 rings (SSSR count). The molecule has 0 atom stereocenters. The first-order chi connectivity index (χ1) is 11.8. The highest BCUT2D eigenvalue weighted by molar-refractivity contribution is 6.31. The van der Waals surface area contributed by atoms with Crippen LogP contribution < -0.4 is 5.32 Å². The summed E-state index contributed by atoms with van der Waals surface area (Å²) in [6.45, 7) is 3.11. The second-order valence-electron chi connectivity index (χ2n) is 6.86. The maximum atomic E-state index is 6.27. The Hall–Kier alpha value is -1.65. The summed E-state index contributed by atoms with van der Waals surface area (Å²) in [5.41, 5.74) is 1.22. The lowest BCUT2D eigenvalue weighted by atomic mass is 10.0. The average molecular weight is 343 g/mol. The number of nitrogens with one attached hydrogen (secondary N) is 1. The van der Waals surface area contributed by atoms with Crippen molar-refractivity contribution in [3.05, 3.63) is 52.9 Å². The number of aromatic nitrogens is 2. The minimum Gasteiger partial charge on any atom is -0.367 e. The number of hydrogen-bond acceptors (Lipinski definition) is 4. The summed E-state index contributed by atoms with van der Waals surface area (Å²) in [6.07, 6.45) is 6.63. The normalized spacial score (nSPS) is 19.4. The Bertz CT molecular complexity index is 693. The van der Waals surface area contributed by atoms with Crippen molar-refractivity contribution < 1.29 is 0 Å². The van der Waals surface area contributed by atoms with Crippen molar-refractivity contribution in [2.75, 3.05) is 18.4 Å². The molecule has 2 heterocycles. The van der Waals surface area contributed by atoms with Gasteiger partial charge in [0, 0.05) is 42.8 Å². The van der Waals surface area contributed by atoms with E-state index in [1.165, 1.54) is 18.4 Å². The van der Waals surface area contributed by atoms with Gasteiger partial charge in [-0.05, 0) is 43.4 Å². The van der Waals surface area contributed by atoms with Crippen molar-refractivity contribution in [2.24, 2.45) is 0 Å². The summed E-state index contributed by atoms with van der Waals surface area (Å²) < 4.78 is 0. The molecule has 0 bridgehead atoms. The number of anilines is 1. The second-order valence-corrected chi connectivity index (χ2v) is 7.27. The topological polar surface area (TPSA) is 41.0 Å². The van der Waals surface area contributed by atoms with Crippen molar-refractivity contribution in [1.29, 1.82) is 0 Å². The predicted octanol–water partition coefficient (Wildman–Crippen LogP) is 4.08. The minimum atomic E-state index is 0.495. The standard InChI is InChI=1S/C19H23ClN4/c20-17-4-2-1-3-15(17)13-24-11-8-16(9-12-24)22-18-7-10-21-19(23-18)14-5-6-14/h1-4,7,10,14,16H,5-6,8-9,11-13H2,(H,21,22,23). The molecule has 2 aliphatic rings. The molecule has 126 valence electrons. The molecule has 0 unspecified atom stereocenters. The van der Waals surface area contributed by atoms with Crippen molar-refractivity contribution >= 4 is 17.4 Å². The Balaban J connectivity index is 1.30. The molecule has 24 heavy (non-hydrogen) atoms. The van der Waals surface area contributed by atoms with Crippen LogP contribution in [0, 0.1) is 0 Å². The van der Waals surface area contributed by atoms with Gasteiger partial charge in [-0.15, -0.1) is 0 Å². The zero-order valence-corrected chi connectivity index (χ0v) is 14.5. The first kappa shape index (κ1) is 15.9. The maximum absolute atomic E-state index is 6.27. The van der Waals surface area contributed by atoms with Gasteiger partial charge in [-0.25, -0.2) is 9.97 Å². The summed E-state index contributed by atoms with van der Waals surface area (Å²) in [5.74, 6) is 2.59. The highest BCUT2D eigenvalue weighted by Gasteiger charge is 2.27. The number of hydrogen-bond donors (Lipinski definition) is 1. The Kier molecular flexibility index (Phi) is 4.67. The fraction of sp³-hybridized carbons (Fsp3) is 0.474. The summed E-state index contributed by atoms with van der Waals surface area (Å²) in [4.78, 5) is 11.5. The molecule has 1 saturated carbocycles. The number of likely N-dealkylation sites (tertiary alicyclic amines) is 1. The Morgan fingerprint density at radius 1 is 1.08 bits per heavy atom. The van der Waals surface area contributed by atoms with E-state index < -0.39 is 0 Å². The van der Waals surface area contributed by atoms with Crippen LogP contribution in [0.4, 0.5) is 5.82 Å². The lowest BCUT2D eigenvalue weighted by molar-refractivity contribution is 0.211. The summed E-state index contributed by atoms with van der Waals surface area (Å²) in [6, 6.07) is 10.6. The van der Waals surface area contributed by atoms with E-state index in [1.54, 1.807) is 0 Å². The number of nitrogens with zero attached hydrogens (tertiary/aromatic N) is 3. The monoisotopic (exact) mass is 342 g/mol. The number of halogens is 1. The van der Waals surface area contributed by atoms with Gasteiger partial charge in [-0.2, -0.15) is 0 Å². The molecule has 0 radical (unpaired) electrons. The van der Waals surface area contributed by atoms with Gasteiger partial charge in [0.15, 0.2) is 0 Å². The van der Waals surface area contributed by atoms with Gasteiger partial charge in [0.1, 0.15) is 11.6 Å². The van der Waals surface area contributed by atoms with Gasteiger partial charge < -0.3 is 5.32 Å². The third kappa shape index (κ3) is 3.87. The molecule has 0 amide bonds. The molecular weight excluding hydrogens is 320 g/mol. The molecule has 1 aliphatic heterocycles. The number of rotatable bonds is 5. The third-order valence-electron chi connectivity index (χ3n) is 4.91. The molecule has 5 heteroatoms. The van der Waals surface area contributed by atoms with E-state index in [2.05, 4.69) is 32.3 Å². The molecule has 1 N–H and O–H groups in total. The van der Waals surface area contributed by atoms with Crippen LogP contribution in [0.1, 0.15) is 43.0 Å². The highest BCUT2D eigenvalue weighted by Crippen LogP contribution is 2.38. The third-order valence-corrected chi connectivity index (χ3v) is 5.28. The highest BCUT2D eigenvalue weighted by atomic mass is 35.5. The maximum Gasteiger partial charge on any atom is 0.133 e. The summed E-state index contributed by atoms with van der Waals surface area (Å²) >= 11 is 6.27. The molecule has 1 aromatic carbocycles. The van der Waals surface area contributed by atoms with Gasteiger partial charge in [-0.3, -0.25) is 4.90 Å². The van der Waals surface area contributed by atoms with E-state index in [-0.39, 0.29) is 0 Å². The Morgan fingerprint density at radius 3 is 2.62 bits per heavy atom. The fourth-order valence-corrected chi connectivity index (χ4v) is 3.50. The average Bonchev–Trinajstić information content (AvgIpc) is 3.44. The summed E-state index contributed by atoms with van der Waals surface area (Å²) in [7, 11) is 0. The van der Waals surface area contributed by atoms with Crippen LogP contribution in [-0.4, -0.2) is 34.0 Å². The first-order valence-electron chi connectivity index (χ1n) is 8.83. The summed E-state index contributed by atoms with van der Waals surface area (Å²) in [5, 5.41) is 4.46. The van der Waals surface area contributed by atoms with E-state index in [0.717, 1.165) is 49.1 Å². The lowest BCUT2D eigenvalue weighted by Gasteiger charge is -2.32. The minimum absolute atomic E-state index is 0.495. The SMILES string of the molecule is Clc1ccccc1CN1CCC(Nc2ccnc(C3CC3)n2)CC1. The Labute approximate surface area is 148 Å². The van der Waals surface area contributed by atoms with E-state index in [4.69, 9.17) is 11.6 Å². The van der Waals surface area contributed by atoms with Crippen molar-refractivity contribution in [1.82, 2.24) is 14.9 Å². The zero-order chi connectivity index (χ0) is 16.4. The molecule has 1 saturated heterocycles. The molecule has 1 aliphatic carbocycles. The Morgan fingerprint density at radius 2 is 1.88 bits per heavy atom. The van der Waals surface area contributed by atoms with Gasteiger partial charge in [0.05, 0.1) is 0 Å². The largest absolute Gasteiger partial charge is 0.367 e. The van der Waals surface area contributed by atoms with Crippen LogP contribution in [0.5, 0.6) is 0 Å². The van der Waals surface area contributed by atoms with Crippen LogP contribution in [0.25, 0.3) is 0 Å². The molecule has 2 fully saturated rings. The zero-order valence-electron chi connectivity index (χ0n) is 13.8. The van der Waals surface area contributed by atoms with E-state index in [9.17, 15) is 0 Å². The van der Waals surface area contributed by atoms with Gasteiger partial charge in [-0.1, -0.05) is 29.8 Å². The number of benzene rings is 1. The molecule has 0 spiro atoms. The van der Waals surface area contributed by atoms with Crippen LogP contribution >= 0.6 is 11.6 Å². The van der Waals surface area contributed by atoms with Gasteiger partial charge in [0.25, 0.3) is 0 Å². The lowest BCUT2D eigenvalue weighted by Crippen LogP contribution is -2.38. The van der Waals surface area contributed by atoms with Crippen molar-refractivity contribution in [3.8, 4) is 0 Å². The van der Waals surface area contributed by atoms with E-state index in [1.807, 2.05) is 24.4 Å². The second kappa shape index (κ2) is 7.08. The van der Waals surface area contributed by atoms with Gasteiger partial charge >= 0.3 is 0 Å².